The second-order valence-electron chi connectivity index (χ2n) is 6.51. The summed E-state index contributed by atoms with van der Waals surface area (Å²) in [6.45, 7) is 0.277. The molecule has 2 fully saturated rings. The zero-order valence-corrected chi connectivity index (χ0v) is 17.2. The van der Waals surface area contributed by atoms with Crippen LogP contribution in [0.15, 0.2) is 65.6 Å². The quantitative estimate of drug-likeness (QED) is 0.468. The highest BCUT2D eigenvalue weighted by Gasteiger charge is 2.60. The molecule has 1 amide bonds. The van der Waals surface area contributed by atoms with Gasteiger partial charge in [-0.1, -0.05) is 71.1 Å². The average Bonchev–Trinajstić information content (AvgIpc) is 3.20. The SMILES string of the molecule is O=C1O[C@@H]2[C@@H]([C@@H](S(=O)(=O)c3ccccc3)O[C@@H]2CI)N1Cc1ccccc1. The molecule has 2 aliphatic rings. The predicted molar refractivity (Wildman–Crippen MR) is 107 cm³/mol. The highest BCUT2D eigenvalue weighted by Crippen LogP contribution is 2.39. The van der Waals surface area contributed by atoms with E-state index in [1.807, 2.05) is 30.3 Å². The van der Waals surface area contributed by atoms with E-state index in [9.17, 15) is 13.2 Å². The van der Waals surface area contributed by atoms with E-state index in [2.05, 4.69) is 22.6 Å². The molecule has 0 radical (unpaired) electrons. The van der Waals surface area contributed by atoms with E-state index in [0.717, 1.165) is 5.56 Å². The second kappa shape index (κ2) is 7.40. The summed E-state index contributed by atoms with van der Waals surface area (Å²) in [6, 6.07) is 17.0. The molecule has 0 N–H and O–H groups in total. The van der Waals surface area contributed by atoms with Crippen LogP contribution in [0.4, 0.5) is 4.79 Å². The first-order chi connectivity index (χ1) is 13.0. The van der Waals surface area contributed by atoms with Crippen molar-refractivity contribution in [3.8, 4) is 0 Å². The monoisotopic (exact) mass is 499 g/mol. The molecule has 0 saturated carbocycles. The molecular formula is C19H18INO5S. The van der Waals surface area contributed by atoms with Gasteiger partial charge < -0.3 is 9.47 Å². The molecule has 2 heterocycles. The topological polar surface area (TPSA) is 72.9 Å². The van der Waals surface area contributed by atoms with Gasteiger partial charge in [0.25, 0.3) is 0 Å². The summed E-state index contributed by atoms with van der Waals surface area (Å²) < 4.78 is 38.4. The van der Waals surface area contributed by atoms with Crippen LogP contribution in [-0.2, 0) is 25.9 Å². The van der Waals surface area contributed by atoms with Gasteiger partial charge in [-0.25, -0.2) is 13.2 Å². The number of ether oxygens (including phenoxy) is 2. The van der Waals surface area contributed by atoms with E-state index in [1.165, 1.54) is 4.90 Å². The molecule has 6 nitrogen and oxygen atoms in total. The van der Waals surface area contributed by atoms with Gasteiger partial charge in [0.1, 0.15) is 12.1 Å². The third kappa shape index (κ3) is 3.34. The minimum Gasteiger partial charge on any atom is -0.441 e. The molecule has 2 aromatic rings. The summed E-state index contributed by atoms with van der Waals surface area (Å²) in [5.74, 6) is 0. The van der Waals surface area contributed by atoms with Gasteiger partial charge in [-0.15, -0.1) is 0 Å². The second-order valence-corrected chi connectivity index (χ2v) is 9.41. The molecule has 4 rings (SSSR count). The minimum absolute atomic E-state index is 0.182. The normalized spacial score (nSPS) is 27.4. The molecule has 4 atom stereocenters. The number of carbonyl (C=O) groups is 1. The lowest BCUT2D eigenvalue weighted by atomic mass is 10.1. The van der Waals surface area contributed by atoms with Crippen molar-refractivity contribution in [2.24, 2.45) is 0 Å². The lowest BCUT2D eigenvalue weighted by molar-refractivity contribution is 0.0314. The fourth-order valence-electron chi connectivity index (χ4n) is 3.56. The smallest absolute Gasteiger partial charge is 0.411 e. The molecule has 2 aliphatic heterocycles. The standard InChI is InChI=1S/C19H18INO5S/c20-11-15-17-16(18(25-15)27(23,24)14-9-5-2-6-10-14)21(19(22)26-17)12-13-7-3-1-4-8-13/h1-10,15-18H,11-12H2/t15-,16+,17+,18-/m1/s1. The summed E-state index contributed by atoms with van der Waals surface area (Å²) in [4.78, 5) is 14.2. The summed E-state index contributed by atoms with van der Waals surface area (Å²) in [5.41, 5.74) is -0.247. The third-order valence-corrected chi connectivity index (χ3v) is 7.65. The number of alkyl halides is 1. The Morgan fingerprint density at radius 2 is 1.63 bits per heavy atom. The van der Waals surface area contributed by atoms with Crippen molar-refractivity contribution in [3.05, 3.63) is 66.2 Å². The van der Waals surface area contributed by atoms with Gasteiger partial charge in [0.15, 0.2) is 11.5 Å². The minimum atomic E-state index is -3.78. The number of nitrogens with zero attached hydrogens (tertiary/aromatic N) is 1. The molecule has 8 heteroatoms. The Kier molecular flexibility index (Phi) is 5.13. The van der Waals surface area contributed by atoms with E-state index in [-0.39, 0.29) is 11.4 Å². The molecule has 2 aromatic carbocycles. The fourth-order valence-corrected chi connectivity index (χ4v) is 6.03. The number of fused-ring (bicyclic) bond motifs is 1. The lowest BCUT2D eigenvalue weighted by Crippen LogP contribution is -2.44. The fraction of sp³-hybridized carbons (Fsp3) is 0.316. The average molecular weight is 499 g/mol. The summed E-state index contributed by atoms with van der Waals surface area (Å²) >= 11 is 2.13. The molecular weight excluding hydrogens is 481 g/mol. The van der Waals surface area contributed by atoms with E-state index < -0.39 is 39.6 Å². The zero-order valence-electron chi connectivity index (χ0n) is 14.3. The zero-order chi connectivity index (χ0) is 19.0. The number of halogens is 1. The van der Waals surface area contributed by atoms with Crippen molar-refractivity contribution in [3.63, 3.8) is 0 Å². The van der Waals surface area contributed by atoms with E-state index in [4.69, 9.17) is 9.47 Å². The van der Waals surface area contributed by atoms with Crippen LogP contribution >= 0.6 is 22.6 Å². The first-order valence-corrected chi connectivity index (χ1v) is 11.6. The van der Waals surface area contributed by atoms with Crippen LogP contribution in [0.25, 0.3) is 0 Å². The number of rotatable bonds is 5. The summed E-state index contributed by atoms with van der Waals surface area (Å²) in [7, 11) is -3.78. The molecule has 27 heavy (non-hydrogen) atoms. The first-order valence-electron chi connectivity index (χ1n) is 8.54. The Hall–Kier alpha value is -1.65. The van der Waals surface area contributed by atoms with E-state index >= 15 is 0 Å². The first kappa shape index (κ1) is 18.7. The number of hydrogen-bond donors (Lipinski definition) is 0. The largest absolute Gasteiger partial charge is 0.441 e. The molecule has 0 aromatic heterocycles. The van der Waals surface area contributed by atoms with Gasteiger partial charge in [-0.3, -0.25) is 4.90 Å². The van der Waals surface area contributed by atoms with Crippen LogP contribution in [0, 0.1) is 0 Å². The predicted octanol–water partition coefficient (Wildman–Crippen LogP) is 3.01. The maximum Gasteiger partial charge on any atom is 0.411 e. The van der Waals surface area contributed by atoms with Gasteiger partial charge in [0.05, 0.1) is 4.90 Å². The number of benzene rings is 2. The highest BCUT2D eigenvalue weighted by molar-refractivity contribution is 14.1. The van der Waals surface area contributed by atoms with Gasteiger partial charge >= 0.3 is 6.09 Å². The molecule has 0 unspecified atom stereocenters. The van der Waals surface area contributed by atoms with Crippen molar-refractivity contribution >= 4 is 38.5 Å². The van der Waals surface area contributed by atoms with Crippen molar-refractivity contribution in [2.75, 3.05) is 4.43 Å². The number of sulfone groups is 1. The maximum absolute atomic E-state index is 13.2. The van der Waals surface area contributed by atoms with Crippen LogP contribution in [0.5, 0.6) is 0 Å². The van der Waals surface area contributed by atoms with Crippen molar-refractivity contribution in [2.45, 2.75) is 35.1 Å². The van der Waals surface area contributed by atoms with E-state index in [0.29, 0.717) is 4.43 Å². The van der Waals surface area contributed by atoms with E-state index in [1.54, 1.807) is 30.3 Å². The third-order valence-electron chi connectivity index (χ3n) is 4.85. The van der Waals surface area contributed by atoms with Gasteiger partial charge in [0, 0.05) is 11.0 Å². The van der Waals surface area contributed by atoms with Gasteiger partial charge in [-0.2, -0.15) is 0 Å². The maximum atomic E-state index is 13.2. The molecule has 0 bridgehead atoms. The van der Waals surface area contributed by atoms with Crippen LogP contribution in [-0.4, -0.2) is 47.5 Å². The van der Waals surface area contributed by atoms with Crippen LogP contribution in [0.2, 0.25) is 0 Å². The Bertz CT molecular complexity index is 922. The number of amides is 1. The Morgan fingerprint density at radius 3 is 2.26 bits per heavy atom. The lowest BCUT2D eigenvalue weighted by Gasteiger charge is -2.25. The summed E-state index contributed by atoms with van der Waals surface area (Å²) in [6.07, 6.45) is -1.55. The Balaban J connectivity index is 1.71. The van der Waals surface area contributed by atoms with Crippen molar-refractivity contribution in [1.29, 1.82) is 0 Å². The number of hydrogen-bond acceptors (Lipinski definition) is 5. The van der Waals surface area contributed by atoms with Gasteiger partial charge in [-0.05, 0) is 17.7 Å². The Morgan fingerprint density at radius 1 is 1.00 bits per heavy atom. The summed E-state index contributed by atoms with van der Waals surface area (Å²) in [5, 5.41) is 0. The van der Waals surface area contributed by atoms with Crippen molar-refractivity contribution in [1.82, 2.24) is 4.90 Å². The highest BCUT2D eigenvalue weighted by atomic mass is 127. The Labute approximate surface area is 171 Å². The molecule has 0 aliphatic carbocycles. The van der Waals surface area contributed by atoms with Crippen LogP contribution in [0.3, 0.4) is 0 Å². The van der Waals surface area contributed by atoms with Crippen molar-refractivity contribution < 1.29 is 22.7 Å². The van der Waals surface area contributed by atoms with Crippen LogP contribution in [0.1, 0.15) is 5.56 Å². The van der Waals surface area contributed by atoms with Crippen LogP contribution < -0.4 is 0 Å². The number of carbonyl (C=O) groups excluding carboxylic acids is 1. The van der Waals surface area contributed by atoms with Gasteiger partial charge in [0.2, 0.25) is 9.84 Å². The molecule has 2 saturated heterocycles. The molecule has 0 spiro atoms. The molecule has 142 valence electrons.